The molecule has 2 aromatic heterocycles. The maximum Gasteiger partial charge on any atom is 0.337 e. The van der Waals surface area contributed by atoms with Crippen molar-refractivity contribution in [2.45, 2.75) is 11.3 Å². The molecule has 0 atom stereocenters. The van der Waals surface area contributed by atoms with E-state index in [1.807, 2.05) is 0 Å². The van der Waals surface area contributed by atoms with E-state index in [4.69, 9.17) is 16.3 Å². The molecule has 0 bridgehead atoms. The van der Waals surface area contributed by atoms with Gasteiger partial charge in [-0.15, -0.1) is 0 Å². The molecule has 0 spiro atoms. The second kappa shape index (κ2) is 12.2. The number of nitrogens with zero attached hydrogens (tertiary/aromatic N) is 2. The smallest absolute Gasteiger partial charge is 0.337 e. The molecule has 0 saturated heterocycles. The number of esters is 1. The van der Waals surface area contributed by atoms with Crippen molar-refractivity contribution in [1.82, 2.24) is 8.54 Å². The summed E-state index contributed by atoms with van der Waals surface area (Å²) in [5.74, 6) is -1.25. The Morgan fingerprint density at radius 3 is 2.28 bits per heavy atom. The van der Waals surface area contributed by atoms with Gasteiger partial charge in [-0.05, 0) is 66.2 Å². The number of carbonyl (C=O) groups is 1. The molecule has 7 nitrogen and oxygen atoms in total. The highest BCUT2D eigenvalue weighted by molar-refractivity contribution is 7.90. The summed E-state index contributed by atoms with van der Waals surface area (Å²) >= 11 is 6.58. The highest BCUT2D eigenvalue weighted by atomic mass is 35.5. The lowest BCUT2D eigenvalue weighted by Gasteiger charge is -2.15. The number of alkyl halides is 2. The summed E-state index contributed by atoms with van der Waals surface area (Å²) in [6.07, 6.45) is -1.28. The summed E-state index contributed by atoms with van der Waals surface area (Å²) in [4.78, 5) is 25.3. The number of rotatable bonds is 7. The number of carbonyl (C=O) groups excluding carboxylic acids is 1. The summed E-state index contributed by atoms with van der Waals surface area (Å²) in [5.41, 5.74) is 1.13. The van der Waals surface area contributed by atoms with Crippen molar-refractivity contribution in [2.24, 2.45) is 7.05 Å². The SMILES string of the molecule is COC(=O)c1ccc(-c2cccc(-c3c(-c4cccn(C)c4=O)c4cc(F)ccc4n3S(=O)(=O)c3ccc(C(F)F)cc3)c2)c(Cl)c1. The molecule has 0 saturated carbocycles. The van der Waals surface area contributed by atoms with Gasteiger partial charge in [0.15, 0.2) is 0 Å². The van der Waals surface area contributed by atoms with Crippen LogP contribution in [0.15, 0.2) is 113 Å². The zero-order chi connectivity index (χ0) is 33.6. The third kappa shape index (κ3) is 5.61. The summed E-state index contributed by atoms with van der Waals surface area (Å²) in [5, 5.41) is 0.360. The minimum absolute atomic E-state index is 0.0380. The molecule has 0 N–H and O–H groups in total. The van der Waals surface area contributed by atoms with Gasteiger partial charge in [-0.3, -0.25) is 4.79 Å². The van der Waals surface area contributed by atoms with Gasteiger partial charge in [0.05, 0.1) is 28.8 Å². The summed E-state index contributed by atoms with van der Waals surface area (Å²) in [6.45, 7) is 0. The molecule has 0 radical (unpaired) electrons. The second-order valence-electron chi connectivity index (χ2n) is 10.6. The minimum Gasteiger partial charge on any atom is -0.465 e. The van der Waals surface area contributed by atoms with E-state index < -0.39 is 33.8 Å². The first-order chi connectivity index (χ1) is 22.4. The number of ether oxygens (including phenoxy) is 1. The predicted molar refractivity (Wildman–Crippen MR) is 174 cm³/mol. The molecule has 0 aliphatic carbocycles. The molecule has 47 heavy (non-hydrogen) atoms. The molecule has 6 rings (SSSR count). The van der Waals surface area contributed by atoms with Crippen LogP contribution < -0.4 is 5.56 Å². The molecule has 2 heterocycles. The highest BCUT2D eigenvalue weighted by Gasteiger charge is 2.30. The Labute approximate surface area is 272 Å². The van der Waals surface area contributed by atoms with Crippen molar-refractivity contribution in [1.29, 1.82) is 0 Å². The standard InChI is InChI=1S/C35H24ClF3N2O5S/c1-40-16-4-7-27(34(40)42)31-28-19-24(37)11-15-30(28)41(47(44,45)25-12-8-20(9-13-25)33(38)39)32(31)22-6-3-5-21(17-22)26-14-10-23(18-29(26)36)35(43)46-2/h3-19,33H,1-2H3. The van der Waals surface area contributed by atoms with Gasteiger partial charge in [0.1, 0.15) is 5.82 Å². The van der Waals surface area contributed by atoms with E-state index in [9.17, 15) is 31.2 Å². The lowest BCUT2D eigenvalue weighted by Crippen LogP contribution is -2.18. The topological polar surface area (TPSA) is 87.4 Å². The van der Waals surface area contributed by atoms with Crippen molar-refractivity contribution in [3.63, 3.8) is 0 Å². The summed E-state index contributed by atoms with van der Waals surface area (Å²) in [7, 11) is -1.77. The Morgan fingerprint density at radius 2 is 1.60 bits per heavy atom. The van der Waals surface area contributed by atoms with Crippen LogP contribution in [0.3, 0.4) is 0 Å². The van der Waals surface area contributed by atoms with E-state index in [1.165, 1.54) is 49.2 Å². The first-order valence-electron chi connectivity index (χ1n) is 14.0. The third-order valence-corrected chi connectivity index (χ3v) is 9.83. The van der Waals surface area contributed by atoms with Crippen molar-refractivity contribution in [3.05, 3.63) is 136 Å². The van der Waals surface area contributed by atoms with Crippen molar-refractivity contribution in [2.75, 3.05) is 7.11 Å². The van der Waals surface area contributed by atoms with Gasteiger partial charge in [0, 0.05) is 51.5 Å². The van der Waals surface area contributed by atoms with Gasteiger partial charge >= 0.3 is 5.97 Å². The van der Waals surface area contributed by atoms with Crippen LogP contribution >= 0.6 is 11.6 Å². The fraction of sp³-hybridized carbons (Fsp3) is 0.0857. The van der Waals surface area contributed by atoms with E-state index in [2.05, 4.69) is 0 Å². The second-order valence-corrected chi connectivity index (χ2v) is 12.8. The first kappa shape index (κ1) is 31.8. The molecule has 0 amide bonds. The van der Waals surface area contributed by atoms with E-state index in [0.717, 1.165) is 40.4 Å². The number of hydrogen-bond acceptors (Lipinski definition) is 5. The number of hydrogen-bond donors (Lipinski definition) is 0. The van der Waals surface area contributed by atoms with Crippen LogP contribution in [0.5, 0.6) is 0 Å². The largest absolute Gasteiger partial charge is 0.465 e. The summed E-state index contributed by atoms with van der Waals surface area (Å²) in [6, 6.07) is 22.2. The quantitative estimate of drug-likeness (QED) is 0.160. The average Bonchev–Trinajstić information content (AvgIpc) is 3.40. The number of fused-ring (bicyclic) bond motifs is 1. The Morgan fingerprint density at radius 1 is 0.872 bits per heavy atom. The minimum atomic E-state index is -4.55. The van der Waals surface area contributed by atoms with E-state index in [1.54, 1.807) is 36.4 Å². The van der Waals surface area contributed by atoms with Gasteiger partial charge in [0.25, 0.3) is 22.0 Å². The Hall–Kier alpha value is -5.13. The van der Waals surface area contributed by atoms with Crippen LogP contribution in [0, 0.1) is 5.82 Å². The van der Waals surface area contributed by atoms with Crippen LogP contribution in [0.25, 0.3) is 44.4 Å². The average molecular weight is 677 g/mol. The Balaban J connectivity index is 1.70. The molecular weight excluding hydrogens is 653 g/mol. The fourth-order valence-corrected chi connectivity index (χ4v) is 7.36. The monoisotopic (exact) mass is 676 g/mol. The van der Waals surface area contributed by atoms with Crippen molar-refractivity contribution >= 4 is 38.5 Å². The third-order valence-electron chi connectivity index (χ3n) is 7.79. The molecule has 4 aromatic carbocycles. The number of benzene rings is 4. The van der Waals surface area contributed by atoms with E-state index in [-0.39, 0.29) is 48.8 Å². The lowest BCUT2D eigenvalue weighted by atomic mass is 9.96. The molecule has 0 unspecified atom stereocenters. The molecule has 0 aliphatic rings. The molecule has 12 heteroatoms. The van der Waals surface area contributed by atoms with Crippen LogP contribution in [0.2, 0.25) is 5.02 Å². The number of methoxy groups -OCH3 is 1. The van der Waals surface area contributed by atoms with Crippen LogP contribution in [0.4, 0.5) is 13.2 Å². The van der Waals surface area contributed by atoms with Crippen molar-refractivity contribution < 1.29 is 31.1 Å². The number of pyridine rings is 1. The maximum absolute atomic E-state index is 14.9. The first-order valence-corrected chi connectivity index (χ1v) is 15.9. The van der Waals surface area contributed by atoms with Gasteiger partial charge in [0.2, 0.25) is 0 Å². The van der Waals surface area contributed by atoms with E-state index >= 15 is 0 Å². The normalized spacial score (nSPS) is 11.7. The Kier molecular flexibility index (Phi) is 8.29. The molecule has 0 fully saturated rings. The molecule has 238 valence electrons. The Bertz CT molecular complexity index is 2370. The predicted octanol–water partition coefficient (Wildman–Crippen LogP) is 8.09. The number of aryl methyl sites for hydroxylation is 1. The van der Waals surface area contributed by atoms with Gasteiger partial charge in [-0.2, -0.15) is 0 Å². The van der Waals surface area contributed by atoms with Gasteiger partial charge < -0.3 is 9.30 Å². The zero-order valence-corrected chi connectivity index (χ0v) is 26.3. The molecule has 6 aromatic rings. The fourth-order valence-electron chi connectivity index (χ4n) is 5.53. The number of aromatic nitrogens is 2. The van der Waals surface area contributed by atoms with Crippen LogP contribution in [0.1, 0.15) is 22.3 Å². The zero-order valence-electron chi connectivity index (χ0n) is 24.7. The molecule has 0 aliphatic heterocycles. The van der Waals surface area contributed by atoms with Gasteiger partial charge in [-0.1, -0.05) is 48.0 Å². The highest BCUT2D eigenvalue weighted by Crippen LogP contribution is 2.43. The van der Waals surface area contributed by atoms with Crippen LogP contribution in [-0.4, -0.2) is 30.0 Å². The van der Waals surface area contributed by atoms with Crippen molar-refractivity contribution in [3.8, 4) is 33.5 Å². The number of halogens is 4. The van der Waals surface area contributed by atoms with Gasteiger partial charge in [-0.25, -0.2) is 30.4 Å². The maximum atomic E-state index is 14.9. The van der Waals surface area contributed by atoms with E-state index in [0.29, 0.717) is 16.7 Å². The summed E-state index contributed by atoms with van der Waals surface area (Å²) < 4.78 is 77.6. The lowest BCUT2D eigenvalue weighted by molar-refractivity contribution is 0.0600. The van der Waals surface area contributed by atoms with Crippen LogP contribution in [-0.2, 0) is 21.8 Å². The molecular formula is C35H24ClF3N2O5S.